The van der Waals surface area contributed by atoms with E-state index in [4.69, 9.17) is 4.74 Å². The number of alkyl halides is 3. The summed E-state index contributed by atoms with van der Waals surface area (Å²) in [6.07, 6.45) is 0. The molecular weight excluding hydrogens is 391 g/mol. The summed E-state index contributed by atoms with van der Waals surface area (Å²) in [7, 11) is -3.10. The predicted octanol–water partition coefficient (Wildman–Crippen LogP) is 3.45. The highest BCUT2D eigenvalue weighted by Gasteiger charge is 2.48. The van der Waals surface area contributed by atoms with Crippen molar-refractivity contribution >= 4 is 27.5 Å². The standard InChI is InChI=1S/C16H14F3NO6S/c1-24-12-7-8-13(15(21)25-2)14(9-12)20-10-3-5-11(6-4-10)26-27(22,23)16(17,18)19/h3-9,20H,1-2H3. The van der Waals surface area contributed by atoms with E-state index in [-0.39, 0.29) is 5.56 Å². The van der Waals surface area contributed by atoms with E-state index >= 15 is 0 Å². The summed E-state index contributed by atoms with van der Waals surface area (Å²) in [6.45, 7) is 0. The van der Waals surface area contributed by atoms with Gasteiger partial charge in [-0.25, -0.2) is 4.79 Å². The first-order valence-corrected chi connectivity index (χ1v) is 8.62. The van der Waals surface area contributed by atoms with Gasteiger partial charge >= 0.3 is 21.6 Å². The number of carbonyl (C=O) groups is 1. The Bertz CT molecular complexity index is 926. The van der Waals surface area contributed by atoms with Gasteiger partial charge in [0.15, 0.2) is 0 Å². The molecule has 146 valence electrons. The Hall–Kier alpha value is -2.95. The third kappa shape index (κ3) is 4.82. The highest BCUT2D eigenvalue weighted by Crippen LogP contribution is 2.30. The largest absolute Gasteiger partial charge is 0.534 e. The van der Waals surface area contributed by atoms with Crippen LogP contribution in [0.4, 0.5) is 24.5 Å². The van der Waals surface area contributed by atoms with E-state index < -0.39 is 27.3 Å². The molecule has 0 unspecified atom stereocenters. The first kappa shape index (κ1) is 20.4. The van der Waals surface area contributed by atoms with Gasteiger partial charge in [0.05, 0.1) is 25.5 Å². The summed E-state index contributed by atoms with van der Waals surface area (Å²) in [5.41, 5.74) is -4.67. The van der Waals surface area contributed by atoms with Crippen LogP contribution in [-0.4, -0.2) is 34.1 Å². The molecule has 0 aliphatic rings. The van der Waals surface area contributed by atoms with E-state index in [1.54, 1.807) is 6.07 Å². The van der Waals surface area contributed by atoms with Crippen LogP contribution in [0, 0.1) is 0 Å². The SMILES string of the molecule is COC(=O)c1ccc(OC)cc1Nc1ccc(OS(=O)(=O)C(F)(F)F)cc1. The Morgan fingerprint density at radius 1 is 1.00 bits per heavy atom. The second-order valence-electron chi connectivity index (χ2n) is 5.04. The molecule has 0 amide bonds. The number of anilines is 2. The molecule has 11 heteroatoms. The summed E-state index contributed by atoms with van der Waals surface area (Å²) in [6, 6.07) is 9.16. The van der Waals surface area contributed by atoms with Gasteiger partial charge in [0, 0.05) is 11.8 Å². The summed E-state index contributed by atoms with van der Waals surface area (Å²) in [5, 5.41) is 2.87. The average molecular weight is 405 g/mol. The maximum Gasteiger partial charge on any atom is 0.534 e. The van der Waals surface area contributed by atoms with E-state index in [0.29, 0.717) is 17.1 Å². The Kier molecular flexibility index (Phi) is 5.84. The summed E-state index contributed by atoms with van der Waals surface area (Å²) >= 11 is 0. The Morgan fingerprint density at radius 2 is 1.59 bits per heavy atom. The van der Waals surface area contributed by atoms with Crippen molar-refractivity contribution in [1.82, 2.24) is 0 Å². The third-order valence-corrected chi connectivity index (χ3v) is 4.23. The highest BCUT2D eigenvalue weighted by molar-refractivity contribution is 7.88. The molecule has 0 aliphatic carbocycles. The minimum absolute atomic E-state index is 0.193. The van der Waals surface area contributed by atoms with E-state index in [2.05, 4.69) is 14.2 Å². The summed E-state index contributed by atoms with van der Waals surface area (Å²) in [5.74, 6) is -0.686. The highest BCUT2D eigenvalue weighted by atomic mass is 32.2. The van der Waals surface area contributed by atoms with Gasteiger partial charge in [0.25, 0.3) is 0 Å². The Balaban J connectivity index is 2.25. The molecule has 0 radical (unpaired) electrons. The van der Waals surface area contributed by atoms with Gasteiger partial charge in [-0.2, -0.15) is 21.6 Å². The first-order chi connectivity index (χ1) is 12.6. The van der Waals surface area contributed by atoms with E-state index in [1.807, 2.05) is 0 Å². The van der Waals surface area contributed by atoms with Crippen LogP contribution in [0.15, 0.2) is 42.5 Å². The molecule has 2 rings (SSSR count). The fourth-order valence-corrected chi connectivity index (χ4v) is 2.42. The van der Waals surface area contributed by atoms with Crippen LogP contribution >= 0.6 is 0 Å². The number of nitrogens with one attached hydrogen (secondary N) is 1. The van der Waals surface area contributed by atoms with Gasteiger partial charge in [-0.15, -0.1) is 0 Å². The lowest BCUT2D eigenvalue weighted by Crippen LogP contribution is -2.28. The average Bonchev–Trinajstić information content (AvgIpc) is 2.61. The number of carbonyl (C=O) groups excluding carboxylic acids is 1. The number of hydrogen-bond donors (Lipinski definition) is 1. The van der Waals surface area contributed by atoms with Crippen molar-refractivity contribution in [3.8, 4) is 11.5 Å². The van der Waals surface area contributed by atoms with Crippen molar-refractivity contribution in [3.63, 3.8) is 0 Å². The molecule has 2 aromatic rings. The Labute approximate surface area is 152 Å². The van der Waals surface area contributed by atoms with Crippen LogP contribution in [0.5, 0.6) is 11.5 Å². The summed E-state index contributed by atoms with van der Waals surface area (Å²) in [4.78, 5) is 11.8. The first-order valence-electron chi connectivity index (χ1n) is 7.21. The van der Waals surface area contributed by atoms with Crippen LogP contribution in [0.25, 0.3) is 0 Å². The molecule has 0 fully saturated rings. The molecule has 0 aromatic heterocycles. The summed E-state index contributed by atoms with van der Waals surface area (Å²) < 4.78 is 72.8. The molecule has 0 bridgehead atoms. The normalized spacial score (nSPS) is 11.6. The molecule has 0 spiro atoms. The minimum Gasteiger partial charge on any atom is -0.497 e. The smallest absolute Gasteiger partial charge is 0.497 e. The number of halogens is 3. The van der Waals surface area contributed by atoms with Crippen molar-refractivity contribution in [2.24, 2.45) is 0 Å². The number of ether oxygens (including phenoxy) is 2. The minimum atomic E-state index is -5.75. The predicted molar refractivity (Wildman–Crippen MR) is 89.7 cm³/mol. The molecular formula is C16H14F3NO6S. The van der Waals surface area contributed by atoms with Gasteiger partial charge in [0.1, 0.15) is 11.5 Å². The molecule has 0 saturated heterocycles. The van der Waals surface area contributed by atoms with E-state index in [9.17, 15) is 26.4 Å². The Morgan fingerprint density at radius 3 is 2.11 bits per heavy atom. The molecule has 7 nitrogen and oxygen atoms in total. The molecule has 0 aliphatic heterocycles. The molecule has 2 aromatic carbocycles. The number of benzene rings is 2. The maximum absolute atomic E-state index is 12.3. The maximum atomic E-state index is 12.3. The van der Waals surface area contributed by atoms with Crippen molar-refractivity contribution < 1.29 is 40.0 Å². The quantitative estimate of drug-likeness (QED) is 0.447. The van der Waals surface area contributed by atoms with Crippen LogP contribution < -0.4 is 14.2 Å². The van der Waals surface area contributed by atoms with Crippen molar-refractivity contribution in [1.29, 1.82) is 0 Å². The molecule has 0 atom stereocenters. The van der Waals surface area contributed by atoms with Crippen LogP contribution in [0.2, 0.25) is 0 Å². The second-order valence-corrected chi connectivity index (χ2v) is 6.57. The van der Waals surface area contributed by atoms with Crippen molar-refractivity contribution in [2.45, 2.75) is 5.51 Å². The van der Waals surface area contributed by atoms with Crippen LogP contribution in [-0.2, 0) is 14.9 Å². The molecule has 1 N–H and O–H groups in total. The topological polar surface area (TPSA) is 90.9 Å². The van der Waals surface area contributed by atoms with Gasteiger partial charge in [-0.3, -0.25) is 0 Å². The number of hydrogen-bond acceptors (Lipinski definition) is 7. The number of rotatable bonds is 6. The van der Waals surface area contributed by atoms with Gasteiger partial charge < -0.3 is 19.0 Å². The van der Waals surface area contributed by atoms with Crippen LogP contribution in [0.3, 0.4) is 0 Å². The third-order valence-electron chi connectivity index (χ3n) is 3.25. The monoisotopic (exact) mass is 405 g/mol. The van der Waals surface area contributed by atoms with Gasteiger partial charge in [-0.05, 0) is 36.4 Å². The molecule has 0 heterocycles. The molecule has 0 saturated carbocycles. The number of methoxy groups -OCH3 is 2. The van der Waals surface area contributed by atoms with E-state index in [0.717, 1.165) is 12.1 Å². The zero-order chi connectivity index (χ0) is 20.2. The van der Waals surface area contributed by atoms with Crippen LogP contribution in [0.1, 0.15) is 10.4 Å². The second kappa shape index (κ2) is 7.74. The lowest BCUT2D eigenvalue weighted by molar-refractivity contribution is -0.0500. The lowest BCUT2D eigenvalue weighted by atomic mass is 10.1. The zero-order valence-electron chi connectivity index (χ0n) is 14.0. The lowest BCUT2D eigenvalue weighted by Gasteiger charge is -2.13. The number of esters is 1. The zero-order valence-corrected chi connectivity index (χ0v) is 14.8. The van der Waals surface area contributed by atoms with Gasteiger partial charge in [0.2, 0.25) is 0 Å². The van der Waals surface area contributed by atoms with Crippen molar-refractivity contribution in [2.75, 3.05) is 19.5 Å². The van der Waals surface area contributed by atoms with E-state index in [1.165, 1.54) is 38.5 Å². The fourth-order valence-electron chi connectivity index (χ4n) is 1.96. The molecule has 27 heavy (non-hydrogen) atoms. The van der Waals surface area contributed by atoms with Crippen molar-refractivity contribution in [3.05, 3.63) is 48.0 Å². The fraction of sp³-hybridized carbons (Fsp3) is 0.188. The van der Waals surface area contributed by atoms with Gasteiger partial charge in [-0.1, -0.05) is 0 Å².